The van der Waals surface area contributed by atoms with Crippen LogP contribution in [0.4, 0.5) is 20.4 Å². The molecule has 0 amide bonds. The van der Waals surface area contributed by atoms with Crippen LogP contribution in [0.5, 0.6) is 0 Å². The lowest BCUT2D eigenvalue weighted by molar-refractivity contribution is 0.584. The fraction of sp³-hybridized carbons (Fsp3) is 0.158. The monoisotopic (exact) mass is 415 g/mol. The second-order valence-corrected chi connectivity index (χ2v) is 6.86. The van der Waals surface area contributed by atoms with Crippen LogP contribution in [0.3, 0.4) is 0 Å². The first-order valence-corrected chi connectivity index (χ1v) is 9.02. The van der Waals surface area contributed by atoms with Crippen molar-refractivity contribution in [1.82, 2.24) is 29.5 Å². The minimum absolute atomic E-state index is 0.144. The van der Waals surface area contributed by atoms with E-state index < -0.39 is 11.6 Å². The van der Waals surface area contributed by atoms with Gasteiger partial charge < -0.3 is 5.32 Å². The maximum Gasteiger partial charge on any atom is 0.173 e. The molecule has 148 valence electrons. The number of nitrogens with zero attached hydrogens (tertiary/aromatic N) is 6. The maximum atomic E-state index is 14.2. The third kappa shape index (κ3) is 3.56. The molecule has 0 atom stereocenters. The number of benzene rings is 1. The van der Waals surface area contributed by atoms with Gasteiger partial charge >= 0.3 is 0 Å². The first-order chi connectivity index (χ1) is 13.8. The van der Waals surface area contributed by atoms with Crippen LogP contribution in [0.1, 0.15) is 11.4 Å². The fourth-order valence-electron chi connectivity index (χ4n) is 3.07. The van der Waals surface area contributed by atoms with Crippen LogP contribution in [-0.2, 0) is 7.05 Å². The molecule has 7 nitrogen and oxygen atoms in total. The van der Waals surface area contributed by atoms with Gasteiger partial charge in [-0.25, -0.2) is 23.4 Å². The van der Waals surface area contributed by atoms with E-state index in [1.807, 2.05) is 19.9 Å². The molecular weight excluding hydrogens is 400 g/mol. The zero-order valence-electron chi connectivity index (χ0n) is 15.8. The van der Waals surface area contributed by atoms with E-state index in [0.29, 0.717) is 17.3 Å². The third-order valence-electron chi connectivity index (χ3n) is 4.30. The number of nitrogens with one attached hydrogen (secondary N) is 1. The quantitative estimate of drug-likeness (QED) is 0.536. The number of hydrogen-bond donors (Lipinski definition) is 1. The average molecular weight is 416 g/mol. The van der Waals surface area contributed by atoms with Crippen LogP contribution in [0.15, 0.2) is 36.7 Å². The normalized spacial score (nSPS) is 11.1. The van der Waals surface area contributed by atoms with Crippen LogP contribution in [0.2, 0.25) is 5.02 Å². The van der Waals surface area contributed by atoms with Gasteiger partial charge in [-0.05, 0) is 32.0 Å². The molecule has 0 aliphatic carbocycles. The third-order valence-corrected chi connectivity index (χ3v) is 4.66. The number of aromatic nitrogens is 6. The zero-order valence-corrected chi connectivity index (χ0v) is 16.5. The molecule has 10 heteroatoms. The summed E-state index contributed by atoms with van der Waals surface area (Å²) in [6, 6.07) is 6.93. The minimum Gasteiger partial charge on any atom is -0.322 e. The standard InChI is InChI=1S/C19H16ClF2N7/c1-10-6-11(2)29(26-10)16-8-15(23-9-24-16)25-19-17(20)18(28(3)27-19)13-5-4-12(21)7-14(13)22/h4-9H,1-3H3,(H,23,24,25,27). The Labute approximate surface area is 170 Å². The lowest BCUT2D eigenvalue weighted by Gasteiger charge is -2.07. The highest BCUT2D eigenvalue weighted by Crippen LogP contribution is 2.36. The van der Waals surface area contributed by atoms with Gasteiger partial charge in [0.15, 0.2) is 11.6 Å². The van der Waals surface area contributed by atoms with Crippen molar-refractivity contribution in [1.29, 1.82) is 0 Å². The predicted molar refractivity (Wildman–Crippen MR) is 105 cm³/mol. The van der Waals surface area contributed by atoms with Crippen molar-refractivity contribution in [3.05, 3.63) is 64.7 Å². The first kappa shape index (κ1) is 19.0. The molecule has 0 bridgehead atoms. The molecule has 4 aromatic rings. The highest BCUT2D eigenvalue weighted by atomic mass is 35.5. The first-order valence-electron chi connectivity index (χ1n) is 8.64. The van der Waals surface area contributed by atoms with E-state index in [4.69, 9.17) is 11.6 Å². The molecule has 0 aliphatic heterocycles. The Hall–Kier alpha value is -3.33. The van der Waals surface area contributed by atoms with E-state index >= 15 is 0 Å². The Bertz CT molecular complexity index is 1220. The van der Waals surface area contributed by atoms with Gasteiger partial charge in [0.05, 0.1) is 11.4 Å². The van der Waals surface area contributed by atoms with E-state index in [-0.39, 0.29) is 16.4 Å². The summed E-state index contributed by atoms with van der Waals surface area (Å²) in [7, 11) is 1.62. The summed E-state index contributed by atoms with van der Waals surface area (Å²) in [6.07, 6.45) is 1.39. The summed E-state index contributed by atoms with van der Waals surface area (Å²) < 4.78 is 30.6. The van der Waals surface area contributed by atoms with Crippen LogP contribution in [0.25, 0.3) is 17.1 Å². The number of rotatable bonds is 4. The molecule has 1 N–H and O–H groups in total. The summed E-state index contributed by atoms with van der Waals surface area (Å²) in [5.41, 5.74) is 2.26. The van der Waals surface area contributed by atoms with E-state index in [1.54, 1.807) is 17.8 Å². The second-order valence-electron chi connectivity index (χ2n) is 6.48. The molecule has 0 saturated heterocycles. The Morgan fingerprint density at radius 3 is 2.52 bits per heavy atom. The summed E-state index contributed by atoms with van der Waals surface area (Å²) in [5, 5.41) is 11.9. The minimum atomic E-state index is -0.727. The Balaban J connectivity index is 1.69. The number of aryl methyl sites for hydroxylation is 3. The molecular formula is C19H16ClF2N7. The van der Waals surface area contributed by atoms with Crippen molar-refractivity contribution in [2.24, 2.45) is 7.05 Å². The highest BCUT2D eigenvalue weighted by Gasteiger charge is 2.20. The van der Waals surface area contributed by atoms with Crippen molar-refractivity contribution >= 4 is 23.2 Å². The Kier molecular flexibility index (Phi) is 4.75. The van der Waals surface area contributed by atoms with Crippen molar-refractivity contribution in [2.45, 2.75) is 13.8 Å². The van der Waals surface area contributed by atoms with Gasteiger partial charge in [-0.1, -0.05) is 11.6 Å². The lowest BCUT2D eigenvalue weighted by Crippen LogP contribution is -2.04. The van der Waals surface area contributed by atoms with Crippen LogP contribution in [0, 0.1) is 25.5 Å². The molecule has 4 rings (SSSR count). The van der Waals surface area contributed by atoms with Gasteiger partial charge in [-0.15, -0.1) is 0 Å². The number of halogens is 3. The van der Waals surface area contributed by atoms with Crippen molar-refractivity contribution in [2.75, 3.05) is 5.32 Å². The van der Waals surface area contributed by atoms with Gasteiger partial charge in [0, 0.05) is 30.4 Å². The van der Waals surface area contributed by atoms with E-state index in [2.05, 4.69) is 25.5 Å². The van der Waals surface area contributed by atoms with Gasteiger partial charge in [-0.3, -0.25) is 4.68 Å². The molecule has 0 unspecified atom stereocenters. The summed E-state index contributed by atoms with van der Waals surface area (Å²) in [5.74, 6) is -0.0968. The van der Waals surface area contributed by atoms with E-state index in [1.165, 1.54) is 23.1 Å². The molecule has 3 heterocycles. The van der Waals surface area contributed by atoms with Gasteiger partial charge in [0.25, 0.3) is 0 Å². The second kappa shape index (κ2) is 7.25. The van der Waals surface area contributed by atoms with Crippen molar-refractivity contribution < 1.29 is 8.78 Å². The van der Waals surface area contributed by atoms with Crippen LogP contribution < -0.4 is 5.32 Å². The summed E-state index contributed by atoms with van der Waals surface area (Å²) >= 11 is 6.44. The average Bonchev–Trinajstić information content (AvgIpc) is 3.14. The Morgan fingerprint density at radius 2 is 1.83 bits per heavy atom. The number of hydrogen-bond acceptors (Lipinski definition) is 5. The van der Waals surface area contributed by atoms with E-state index in [0.717, 1.165) is 17.5 Å². The van der Waals surface area contributed by atoms with Crippen molar-refractivity contribution in [3.63, 3.8) is 0 Å². The predicted octanol–water partition coefficient (Wildman–Crippen LogP) is 4.35. The molecule has 0 aliphatic rings. The van der Waals surface area contributed by atoms with Gasteiger partial charge in [-0.2, -0.15) is 10.2 Å². The topological polar surface area (TPSA) is 73.5 Å². The van der Waals surface area contributed by atoms with Gasteiger partial charge in [0.1, 0.15) is 28.8 Å². The highest BCUT2D eigenvalue weighted by molar-refractivity contribution is 6.35. The Morgan fingerprint density at radius 1 is 1.03 bits per heavy atom. The molecule has 29 heavy (non-hydrogen) atoms. The summed E-state index contributed by atoms with van der Waals surface area (Å²) in [4.78, 5) is 8.43. The molecule has 0 fully saturated rings. The lowest BCUT2D eigenvalue weighted by atomic mass is 10.1. The molecule has 0 spiro atoms. The molecule has 3 aromatic heterocycles. The largest absolute Gasteiger partial charge is 0.322 e. The maximum absolute atomic E-state index is 14.2. The molecule has 0 radical (unpaired) electrons. The smallest absolute Gasteiger partial charge is 0.173 e. The summed E-state index contributed by atoms with van der Waals surface area (Å²) in [6.45, 7) is 3.82. The van der Waals surface area contributed by atoms with Crippen LogP contribution >= 0.6 is 11.6 Å². The number of anilines is 2. The molecule has 0 saturated carbocycles. The fourth-order valence-corrected chi connectivity index (χ4v) is 3.37. The van der Waals surface area contributed by atoms with Gasteiger partial charge in [0.2, 0.25) is 0 Å². The van der Waals surface area contributed by atoms with Crippen molar-refractivity contribution in [3.8, 4) is 17.1 Å². The van der Waals surface area contributed by atoms with E-state index in [9.17, 15) is 8.78 Å². The van der Waals surface area contributed by atoms with Crippen LogP contribution in [-0.4, -0.2) is 29.5 Å². The zero-order chi connectivity index (χ0) is 20.7. The SMILES string of the molecule is Cc1cc(C)n(-c2cc(Nc3nn(C)c(-c4ccc(F)cc4F)c3Cl)ncn2)n1. The molecule has 1 aromatic carbocycles.